The van der Waals surface area contributed by atoms with Gasteiger partial charge in [-0.05, 0) is 25.2 Å². The van der Waals surface area contributed by atoms with Gasteiger partial charge in [-0.3, -0.25) is 14.9 Å². The van der Waals surface area contributed by atoms with E-state index in [1.165, 1.54) is 11.8 Å². The average Bonchev–Trinajstić information content (AvgIpc) is 2.17. The van der Waals surface area contributed by atoms with Crippen LogP contribution in [0.1, 0.15) is 40.0 Å². The van der Waals surface area contributed by atoms with Gasteiger partial charge in [-0.2, -0.15) is 0 Å². The molecule has 0 radical (unpaired) electrons. The van der Waals surface area contributed by atoms with Gasteiger partial charge in [-0.15, -0.1) is 11.8 Å². The van der Waals surface area contributed by atoms with Crippen molar-refractivity contribution in [3.05, 3.63) is 0 Å². The van der Waals surface area contributed by atoms with E-state index in [0.29, 0.717) is 11.7 Å². The van der Waals surface area contributed by atoms with Crippen molar-refractivity contribution in [2.45, 2.75) is 44.8 Å². The molecule has 1 fully saturated rings. The molecular formula is C11H19NO2S. The highest BCUT2D eigenvalue weighted by Crippen LogP contribution is 2.37. The monoisotopic (exact) mass is 229 g/mol. The Labute approximate surface area is 95.4 Å². The number of amides is 2. The maximum Gasteiger partial charge on any atom is 0.242 e. The first-order chi connectivity index (χ1) is 7.00. The van der Waals surface area contributed by atoms with Crippen molar-refractivity contribution in [3.63, 3.8) is 0 Å². The van der Waals surface area contributed by atoms with E-state index in [9.17, 15) is 9.59 Å². The zero-order valence-electron chi connectivity index (χ0n) is 9.63. The van der Waals surface area contributed by atoms with E-state index in [4.69, 9.17) is 0 Å². The number of carbonyl (C=O) groups is 2. The summed E-state index contributed by atoms with van der Waals surface area (Å²) < 4.78 is -0.363. The Morgan fingerprint density at radius 3 is 2.60 bits per heavy atom. The Hall–Kier alpha value is -0.510. The molecule has 0 saturated carbocycles. The summed E-state index contributed by atoms with van der Waals surface area (Å²) in [5.41, 5.74) is 0. The standard InChI is InChI=1S/C11H19NO2S/c1-4-11(6-5-8(2)3)10(14)12-9(13)7-15-11/h8H,4-7H2,1-3H3,(H,12,13,14). The Morgan fingerprint density at radius 1 is 1.47 bits per heavy atom. The predicted molar refractivity (Wildman–Crippen MR) is 62.7 cm³/mol. The summed E-state index contributed by atoms with van der Waals surface area (Å²) in [5.74, 6) is 0.766. The molecule has 1 atom stereocenters. The van der Waals surface area contributed by atoms with Crippen LogP contribution in [-0.2, 0) is 9.59 Å². The molecule has 0 aromatic heterocycles. The maximum atomic E-state index is 11.8. The number of carbonyl (C=O) groups excluding carboxylic acids is 2. The van der Waals surface area contributed by atoms with Crippen LogP contribution in [0.25, 0.3) is 0 Å². The molecule has 0 bridgehead atoms. The first-order valence-electron chi connectivity index (χ1n) is 5.48. The highest BCUT2D eigenvalue weighted by Gasteiger charge is 2.41. The number of imide groups is 1. The SMILES string of the molecule is CCC1(CCC(C)C)SCC(=O)NC1=O. The van der Waals surface area contributed by atoms with Crippen LogP contribution < -0.4 is 5.32 Å². The van der Waals surface area contributed by atoms with Gasteiger partial charge in [-0.1, -0.05) is 20.8 Å². The number of hydrogen-bond donors (Lipinski definition) is 1. The highest BCUT2D eigenvalue weighted by molar-refractivity contribution is 8.02. The second kappa shape index (κ2) is 5.01. The number of hydrogen-bond acceptors (Lipinski definition) is 3. The van der Waals surface area contributed by atoms with Crippen molar-refractivity contribution in [2.75, 3.05) is 5.75 Å². The molecule has 2 amide bonds. The van der Waals surface area contributed by atoms with Crippen LogP contribution in [0.2, 0.25) is 0 Å². The van der Waals surface area contributed by atoms with Crippen LogP contribution in [0.4, 0.5) is 0 Å². The lowest BCUT2D eigenvalue weighted by Gasteiger charge is -2.34. The fourth-order valence-corrected chi connectivity index (χ4v) is 2.82. The third-order valence-corrected chi connectivity index (χ3v) is 4.48. The normalized spacial score (nSPS) is 26.9. The van der Waals surface area contributed by atoms with Crippen LogP contribution in [0.3, 0.4) is 0 Å². The lowest BCUT2D eigenvalue weighted by molar-refractivity contribution is -0.131. The Balaban J connectivity index is 2.66. The van der Waals surface area contributed by atoms with E-state index in [1.54, 1.807) is 0 Å². The second-order valence-corrected chi connectivity index (χ2v) is 5.81. The van der Waals surface area contributed by atoms with Crippen LogP contribution >= 0.6 is 11.8 Å². The van der Waals surface area contributed by atoms with Gasteiger partial charge in [0, 0.05) is 0 Å². The van der Waals surface area contributed by atoms with Crippen molar-refractivity contribution in [1.29, 1.82) is 0 Å². The molecule has 15 heavy (non-hydrogen) atoms. The van der Waals surface area contributed by atoms with Crippen LogP contribution in [0, 0.1) is 5.92 Å². The molecule has 1 N–H and O–H groups in total. The molecule has 1 heterocycles. The van der Waals surface area contributed by atoms with Crippen LogP contribution in [0.5, 0.6) is 0 Å². The zero-order valence-corrected chi connectivity index (χ0v) is 10.4. The van der Waals surface area contributed by atoms with Gasteiger partial charge in [-0.25, -0.2) is 0 Å². The molecule has 1 aliphatic heterocycles. The van der Waals surface area contributed by atoms with Gasteiger partial charge in [0.25, 0.3) is 0 Å². The van der Waals surface area contributed by atoms with Gasteiger partial charge in [0.05, 0.1) is 10.5 Å². The minimum absolute atomic E-state index is 0.0908. The first-order valence-corrected chi connectivity index (χ1v) is 6.47. The molecule has 0 aromatic carbocycles. The number of rotatable bonds is 4. The van der Waals surface area contributed by atoms with Gasteiger partial charge in [0.15, 0.2) is 0 Å². The largest absolute Gasteiger partial charge is 0.295 e. The summed E-state index contributed by atoms with van der Waals surface area (Å²) >= 11 is 1.51. The Kier molecular flexibility index (Phi) is 4.20. The third kappa shape index (κ3) is 2.97. The molecule has 1 rings (SSSR count). The van der Waals surface area contributed by atoms with E-state index in [1.807, 2.05) is 6.92 Å². The molecule has 0 spiro atoms. The molecule has 4 heteroatoms. The van der Waals surface area contributed by atoms with Gasteiger partial charge >= 0.3 is 0 Å². The van der Waals surface area contributed by atoms with Crippen molar-refractivity contribution in [2.24, 2.45) is 5.92 Å². The molecule has 86 valence electrons. The molecular weight excluding hydrogens is 210 g/mol. The topological polar surface area (TPSA) is 46.2 Å². The van der Waals surface area contributed by atoms with Crippen molar-refractivity contribution in [3.8, 4) is 0 Å². The quantitative estimate of drug-likeness (QED) is 0.750. The minimum atomic E-state index is -0.363. The highest BCUT2D eigenvalue weighted by atomic mass is 32.2. The maximum absolute atomic E-state index is 11.8. The molecule has 1 aliphatic rings. The van der Waals surface area contributed by atoms with Crippen molar-refractivity contribution < 1.29 is 9.59 Å². The summed E-state index contributed by atoms with van der Waals surface area (Å²) in [7, 11) is 0. The van der Waals surface area contributed by atoms with E-state index >= 15 is 0 Å². The molecule has 0 aliphatic carbocycles. The predicted octanol–water partition coefficient (Wildman–Crippen LogP) is 1.96. The fraction of sp³-hybridized carbons (Fsp3) is 0.818. The summed E-state index contributed by atoms with van der Waals surface area (Å²) in [5, 5.41) is 2.45. The number of thioether (sulfide) groups is 1. The van der Waals surface area contributed by atoms with E-state index < -0.39 is 0 Å². The molecule has 1 unspecified atom stereocenters. The first kappa shape index (κ1) is 12.6. The van der Waals surface area contributed by atoms with E-state index in [-0.39, 0.29) is 16.6 Å². The fourth-order valence-electron chi connectivity index (χ4n) is 1.69. The Bertz CT molecular complexity index is 265. The van der Waals surface area contributed by atoms with E-state index in [0.717, 1.165) is 19.3 Å². The van der Waals surface area contributed by atoms with Crippen molar-refractivity contribution in [1.82, 2.24) is 5.32 Å². The second-order valence-electron chi connectivity index (χ2n) is 4.45. The van der Waals surface area contributed by atoms with Gasteiger partial charge in [0.2, 0.25) is 11.8 Å². The summed E-state index contributed by atoms with van der Waals surface area (Å²) in [6.07, 6.45) is 2.69. The van der Waals surface area contributed by atoms with E-state index in [2.05, 4.69) is 19.2 Å². The number of nitrogens with one attached hydrogen (secondary N) is 1. The summed E-state index contributed by atoms with van der Waals surface area (Å²) in [4.78, 5) is 22.9. The van der Waals surface area contributed by atoms with Gasteiger partial charge in [0.1, 0.15) is 0 Å². The Morgan fingerprint density at radius 2 is 2.13 bits per heavy atom. The van der Waals surface area contributed by atoms with Crippen LogP contribution in [-0.4, -0.2) is 22.3 Å². The third-order valence-electron chi connectivity index (χ3n) is 2.84. The smallest absolute Gasteiger partial charge is 0.242 e. The molecule has 0 aromatic rings. The van der Waals surface area contributed by atoms with Crippen molar-refractivity contribution >= 4 is 23.6 Å². The molecule has 1 saturated heterocycles. The lowest BCUT2D eigenvalue weighted by atomic mass is 9.93. The van der Waals surface area contributed by atoms with Gasteiger partial charge < -0.3 is 0 Å². The average molecular weight is 229 g/mol. The minimum Gasteiger partial charge on any atom is -0.295 e. The summed E-state index contributed by atoms with van der Waals surface area (Å²) in [6, 6.07) is 0. The van der Waals surface area contributed by atoms with Crippen LogP contribution in [0.15, 0.2) is 0 Å². The lowest BCUT2D eigenvalue weighted by Crippen LogP contribution is -2.52. The zero-order chi connectivity index (χ0) is 11.5. The summed E-state index contributed by atoms with van der Waals surface area (Å²) in [6.45, 7) is 6.32. The molecule has 3 nitrogen and oxygen atoms in total.